The molecule has 1 fully saturated rings. The largest absolute Gasteiger partial charge is 0.416 e. The van der Waals surface area contributed by atoms with Crippen LogP contribution in [0, 0.1) is 5.92 Å². The lowest BCUT2D eigenvalue weighted by atomic mass is 9.97. The standard InChI is InChI=1S/C23H25F3N2O/c24-23(25,26)21-12-4-11-20(15-21)22(29)27-16-19-10-6-14-28(17-19)13-5-9-18-7-2-1-3-8-18/h1-5,7-9,11-12,15,19H,6,10,13-14,16-17H2,(H,27,29)/b9-5+/t19-/m0/s1. The van der Waals surface area contributed by atoms with Crippen molar-refractivity contribution >= 4 is 12.0 Å². The Morgan fingerprint density at radius 3 is 2.69 bits per heavy atom. The molecule has 1 atom stereocenters. The van der Waals surface area contributed by atoms with Gasteiger partial charge in [-0.05, 0) is 49.1 Å². The maximum absolute atomic E-state index is 12.8. The third-order valence-corrected chi connectivity index (χ3v) is 5.08. The van der Waals surface area contributed by atoms with Gasteiger partial charge in [-0.3, -0.25) is 9.69 Å². The summed E-state index contributed by atoms with van der Waals surface area (Å²) in [5, 5.41) is 2.80. The zero-order valence-corrected chi connectivity index (χ0v) is 16.2. The van der Waals surface area contributed by atoms with E-state index in [0.29, 0.717) is 12.5 Å². The second-order valence-electron chi connectivity index (χ2n) is 7.37. The topological polar surface area (TPSA) is 32.3 Å². The van der Waals surface area contributed by atoms with Crippen molar-refractivity contribution in [1.82, 2.24) is 10.2 Å². The van der Waals surface area contributed by atoms with Crippen LogP contribution in [0.25, 0.3) is 6.08 Å². The van der Waals surface area contributed by atoms with E-state index in [9.17, 15) is 18.0 Å². The van der Waals surface area contributed by atoms with Crippen molar-refractivity contribution in [2.24, 2.45) is 5.92 Å². The lowest BCUT2D eigenvalue weighted by Crippen LogP contribution is -2.41. The Morgan fingerprint density at radius 1 is 1.14 bits per heavy atom. The first kappa shape index (κ1) is 21.1. The van der Waals surface area contributed by atoms with E-state index in [1.54, 1.807) is 0 Å². The van der Waals surface area contributed by atoms with Crippen LogP contribution < -0.4 is 5.32 Å². The first-order chi connectivity index (χ1) is 13.9. The number of hydrogen-bond donors (Lipinski definition) is 1. The smallest absolute Gasteiger partial charge is 0.352 e. The number of piperidine rings is 1. The lowest BCUT2D eigenvalue weighted by molar-refractivity contribution is -0.137. The number of nitrogens with zero attached hydrogens (tertiary/aromatic N) is 1. The maximum atomic E-state index is 12.8. The molecule has 0 unspecified atom stereocenters. The highest BCUT2D eigenvalue weighted by Crippen LogP contribution is 2.29. The van der Waals surface area contributed by atoms with E-state index in [-0.39, 0.29) is 5.56 Å². The summed E-state index contributed by atoms with van der Waals surface area (Å²) >= 11 is 0. The van der Waals surface area contributed by atoms with Gasteiger partial charge < -0.3 is 5.32 Å². The first-order valence-corrected chi connectivity index (χ1v) is 9.81. The zero-order valence-electron chi connectivity index (χ0n) is 16.2. The molecule has 1 aliphatic rings. The number of likely N-dealkylation sites (tertiary alicyclic amines) is 1. The van der Waals surface area contributed by atoms with Crippen LogP contribution in [0.2, 0.25) is 0 Å². The molecule has 3 rings (SSSR count). The summed E-state index contributed by atoms with van der Waals surface area (Å²) in [4.78, 5) is 14.6. The predicted octanol–water partition coefficient (Wildman–Crippen LogP) is 4.86. The molecule has 1 saturated heterocycles. The van der Waals surface area contributed by atoms with Gasteiger partial charge in [-0.15, -0.1) is 0 Å². The monoisotopic (exact) mass is 402 g/mol. The summed E-state index contributed by atoms with van der Waals surface area (Å²) in [7, 11) is 0. The highest BCUT2D eigenvalue weighted by Gasteiger charge is 2.31. The molecule has 2 aromatic carbocycles. The van der Waals surface area contributed by atoms with Crippen molar-refractivity contribution in [2.75, 3.05) is 26.2 Å². The molecule has 0 bridgehead atoms. The van der Waals surface area contributed by atoms with Crippen molar-refractivity contribution in [3.63, 3.8) is 0 Å². The van der Waals surface area contributed by atoms with Gasteiger partial charge >= 0.3 is 6.18 Å². The van der Waals surface area contributed by atoms with Gasteiger partial charge in [-0.25, -0.2) is 0 Å². The van der Waals surface area contributed by atoms with Gasteiger partial charge in [-0.1, -0.05) is 48.6 Å². The number of halogens is 3. The molecular formula is C23H25F3N2O. The van der Waals surface area contributed by atoms with Gasteiger partial charge in [0.15, 0.2) is 0 Å². The van der Waals surface area contributed by atoms with E-state index in [1.807, 2.05) is 18.2 Å². The lowest BCUT2D eigenvalue weighted by Gasteiger charge is -2.32. The van der Waals surface area contributed by atoms with E-state index in [0.717, 1.165) is 50.2 Å². The Kier molecular flexibility index (Phi) is 7.09. The Labute approximate surface area is 169 Å². The Morgan fingerprint density at radius 2 is 1.93 bits per heavy atom. The first-order valence-electron chi connectivity index (χ1n) is 9.81. The molecule has 1 amide bonds. The average molecular weight is 402 g/mol. The number of rotatable bonds is 6. The molecule has 1 heterocycles. The van der Waals surface area contributed by atoms with Crippen molar-refractivity contribution in [1.29, 1.82) is 0 Å². The van der Waals surface area contributed by atoms with Crippen LogP contribution in [0.15, 0.2) is 60.7 Å². The fourth-order valence-corrected chi connectivity index (χ4v) is 3.56. The number of carbonyl (C=O) groups excluding carboxylic acids is 1. The van der Waals surface area contributed by atoms with Crippen molar-refractivity contribution in [3.05, 3.63) is 77.4 Å². The minimum atomic E-state index is -4.45. The minimum Gasteiger partial charge on any atom is -0.352 e. The Balaban J connectivity index is 1.48. The summed E-state index contributed by atoms with van der Waals surface area (Å²) in [5.74, 6) is -0.166. The molecular weight excluding hydrogens is 377 g/mol. The molecule has 3 nitrogen and oxygen atoms in total. The number of alkyl halides is 3. The molecule has 6 heteroatoms. The van der Waals surface area contributed by atoms with Gasteiger partial charge in [0.25, 0.3) is 5.91 Å². The Bertz CT molecular complexity index is 834. The third kappa shape index (κ3) is 6.46. The summed E-state index contributed by atoms with van der Waals surface area (Å²) in [6.07, 6.45) is 1.83. The molecule has 0 radical (unpaired) electrons. The number of carbonyl (C=O) groups is 1. The summed E-state index contributed by atoms with van der Waals surface area (Å²) in [5.41, 5.74) is 0.395. The SMILES string of the molecule is O=C(NC[C@@H]1CCCN(C/C=C/c2ccccc2)C1)c1cccc(C(F)(F)F)c1. The van der Waals surface area contributed by atoms with Gasteiger partial charge in [0.1, 0.15) is 0 Å². The molecule has 0 aromatic heterocycles. The van der Waals surface area contributed by atoms with E-state index in [4.69, 9.17) is 0 Å². The van der Waals surface area contributed by atoms with Crippen LogP contribution in [0.3, 0.4) is 0 Å². The minimum absolute atomic E-state index is 0.0401. The molecule has 1 aliphatic heterocycles. The van der Waals surface area contributed by atoms with Crippen molar-refractivity contribution in [3.8, 4) is 0 Å². The quantitative estimate of drug-likeness (QED) is 0.748. The van der Waals surface area contributed by atoms with Crippen molar-refractivity contribution in [2.45, 2.75) is 19.0 Å². The highest BCUT2D eigenvalue weighted by molar-refractivity contribution is 5.94. The summed E-state index contributed by atoms with van der Waals surface area (Å²) < 4.78 is 38.5. The van der Waals surface area contributed by atoms with Crippen LogP contribution in [0.1, 0.15) is 34.3 Å². The summed E-state index contributed by atoms with van der Waals surface area (Å²) in [6.45, 7) is 3.18. The van der Waals surface area contributed by atoms with Gasteiger partial charge in [0, 0.05) is 25.2 Å². The third-order valence-electron chi connectivity index (χ3n) is 5.08. The fourth-order valence-electron chi connectivity index (χ4n) is 3.56. The fraction of sp³-hybridized carbons (Fsp3) is 0.348. The molecule has 0 spiro atoms. The second-order valence-corrected chi connectivity index (χ2v) is 7.37. The van der Waals surface area contributed by atoms with Gasteiger partial charge in [-0.2, -0.15) is 13.2 Å². The van der Waals surface area contributed by atoms with E-state index >= 15 is 0 Å². The number of benzene rings is 2. The van der Waals surface area contributed by atoms with Crippen LogP contribution in [0.5, 0.6) is 0 Å². The highest BCUT2D eigenvalue weighted by atomic mass is 19.4. The van der Waals surface area contributed by atoms with Gasteiger partial charge in [0.05, 0.1) is 5.56 Å². The predicted molar refractivity (Wildman–Crippen MR) is 108 cm³/mol. The Hall–Kier alpha value is -2.60. The number of amides is 1. The van der Waals surface area contributed by atoms with E-state index in [1.165, 1.54) is 12.1 Å². The number of nitrogens with one attached hydrogen (secondary N) is 1. The molecule has 2 aromatic rings. The maximum Gasteiger partial charge on any atom is 0.416 e. The zero-order chi connectivity index (χ0) is 20.7. The van der Waals surface area contributed by atoms with Crippen LogP contribution in [-0.4, -0.2) is 37.0 Å². The molecule has 29 heavy (non-hydrogen) atoms. The number of hydrogen-bond acceptors (Lipinski definition) is 2. The van der Waals surface area contributed by atoms with Crippen LogP contribution >= 0.6 is 0 Å². The van der Waals surface area contributed by atoms with Crippen molar-refractivity contribution < 1.29 is 18.0 Å². The van der Waals surface area contributed by atoms with Crippen LogP contribution in [-0.2, 0) is 6.18 Å². The normalized spacial score (nSPS) is 18.1. The molecule has 0 aliphatic carbocycles. The molecule has 154 valence electrons. The van der Waals surface area contributed by atoms with E-state index in [2.05, 4.69) is 34.5 Å². The molecule has 1 N–H and O–H groups in total. The van der Waals surface area contributed by atoms with Gasteiger partial charge in [0.2, 0.25) is 0 Å². The second kappa shape index (κ2) is 9.74. The molecule has 0 saturated carbocycles. The average Bonchev–Trinajstić information content (AvgIpc) is 2.73. The van der Waals surface area contributed by atoms with Crippen LogP contribution in [0.4, 0.5) is 13.2 Å². The summed E-state index contributed by atoms with van der Waals surface area (Å²) in [6, 6.07) is 14.6. The van der Waals surface area contributed by atoms with E-state index < -0.39 is 17.6 Å².